The maximum absolute atomic E-state index is 5.77. The van der Waals surface area contributed by atoms with Crippen molar-refractivity contribution in [3.8, 4) is 22.4 Å². The molecule has 0 unspecified atom stereocenters. The zero-order valence-electron chi connectivity index (χ0n) is 12.5. The Hall–Kier alpha value is -2.66. The lowest BCUT2D eigenvalue weighted by Crippen LogP contribution is -2.22. The van der Waals surface area contributed by atoms with Crippen molar-refractivity contribution in [2.45, 2.75) is 6.42 Å². The first kappa shape index (κ1) is 14.0. The second kappa shape index (κ2) is 5.52. The maximum atomic E-state index is 5.77. The van der Waals surface area contributed by atoms with E-state index in [1.807, 2.05) is 18.2 Å². The smallest absolute Gasteiger partial charge is 0.193 e. The van der Waals surface area contributed by atoms with E-state index in [1.54, 1.807) is 4.68 Å². The lowest BCUT2D eigenvalue weighted by atomic mass is 10.0. The quantitative estimate of drug-likeness (QED) is 0.712. The fraction of sp³-hybridized carbons (Fsp3) is 0.111. The van der Waals surface area contributed by atoms with Crippen molar-refractivity contribution in [1.29, 1.82) is 0 Å². The molecular formula is C18H16N4S. The number of rotatable bonds is 2. The summed E-state index contributed by atoms with van der Waals surface area (Å²) in [5.41, 5.74) is 11.4. The summed E-state index contributed by atoms with van der Waals surface area (Å²) in [6.07, 6.45) is 0.938. The molecule has 0 amide bonds. The first-order valence-corrected chi connectivity index (χ1v) is 7.96. The highest BCUT2D eigenvalue weighted by Gasteiger charge is 2.24. The van der Waals surface area contributed by atoms with Crippen molar-refractivity contribution in [3.63, 3.8) is 0 Å². The highest BCUT2D eigenvalue weighted by Crippen LogP contribution is 2.33. The first-order chi connectivity index (χ1) is 11.2. The van der Waals surface area contributed by atoms with Crippen LogP contribution in [0.3, 0.4) is 0 Å². The molecule has 1 aliphatic rings. The zero-order chi connectivity index (χ0) is 15.8. The van der Waals surface area contributed by atoms with Crippen LogP contribution in [0.25, 0.3) is 22.4 Å². The SMILES string of the molecule is NC(=S)n1nc(-c2ccc(-c3ccccc3)cc2)c2c1NCC2. The number of nitrogens with zero attached hydrogens (tertiary/aromatic N) is 2. The predicted octanol–water partition coefficient (Wildman–Crippen LogP) is 3.28. The van der Waals surface area contributed by atoms with Gasteiger partial charge in [-0.05, 0) is 29.8 Å². The van der Waals surface area contributed by atoms with Crippen LogP contribution in [-0.2, 0) is 6.42 Å². The average Bonchev–Trinajstić information content (AvgIpc) is 3.18. The molecule has 23 heavy (non-hydrogen) atoms. The molecule has 0 radical (unpaired) electrons. The largest absolute Gasteiger partial charge is 0.374 e. The molecule has 0 spiro atoms. The molecule has 0 saturated carbocycles. The van der Waals surface area contributed by atoms with Gasteiger partial charge in [0.1, 0.15) is 5.82 Å². The minimum atomic E-state index is 0.266. The van der Waals surface area contributed by atoms with Gasteiger partial charge in [0.25, 0.3) is 0 Å². The molecule has 5 heteroatoms. The minimum absolute atomic E-state index is 0.266. The summed E-state index contributed by atoms with van der Waals surface area (Å²) in [6, 6.07) is 18.8. The Morgan fingerprint density at radius 2 is 1.65 bits per heavy atom. The van der Waals surface area contributed by atoms with E-state index in [9.17, 15) is 0 Å². The molecule has 1 aliphatic heterocycles. The predicted molar refractivity (Wildman–Crippen MR) is 97.5 cm³/mol. The van der Waals surface area contributed by atoms with Gasteiger partial charge in [-0.2, -0.15) is 9.78 Å². The lowest BCUT2D eigenvalue weighted by Gasteiger charge is -2.04. The summed E-state index contributed by atoms with van der Waals surface area (Å²) >= 11 is 5.09. The topological polar surface area (TPSA) is 55.9 Å². The lowest BCUT2D eigenvalue weighted by molar-refractivity contribution is 0.935. The standard InChI is InChI=1S/C18H16N4S/c19-18(23)22-17-15(10-11-20-17)16(21-22)14-8-6-13(7-9-14)12-4-2-1-3-5-12/h1-9,20H,10-11H2,(H2,19,23). The van der Waals surface area contributed by atoms with Gasteiger partial charge in [-0.15, -0.1) is 0 Å². The molecule has 3 aromatic rings. The fourth-order valence-electron chi connectivity index (χ4n) is 3.02. The second-order valence-electron chi connectivity index (χ2n) is 5.55. The van der Waals surface area contributed by atoms with Crippen LogP contribution in [0, 0.1) is 0 Å². The highest BCUT2D eigenvalue weighted by atomic mass is 32.1. The highest BCUT2D eigenvalue weighted by molar-refractivity contribution is 7.80. The molecule has 2 aromatic carbocycles. The normalized spacial score (nSPS) is 12.7. The number of fused-ring (bicyclic) bond motifs is 1. The van der Waals surface area contributed by atoms with E-state index < -0.39 is 0 Å². The number of hydrogen-bond donors (Lipinski definition) is 2. The molecule has 0 atom stereocenters. The van der Waals surface area contributed by atoms with Crippen molar-refractivity contribution in [2.75, 3.05) is 11.9 Å². The Morgan fingerprint density at radius 1 is 1.00 bits per heavy atom. The molecule has 114 valence electrons. The Labute approximate surface area is 139 Å². The van der Waals surface area contributed by atoms with Crippen LogP contribution < -0.4 is 11.1 Å². The second-order valence-corrected chi connectivity index (χ2v) is 5.96. The zero-order valence-corrected chi connectivity index (χ0v) is 13.3. The van der Waals surface area contributed by atoms with Crippen molar-refractivity contribution < 1.29 is 0 Å². The van der Waals surface area contributed by atoms with Crippen LogP contribution >= 0.6 is 12.2 Å². The van der Waals surface area contributed by atoms with Gasteiger partial charge < -0.3 is 11.1 Å². The molecule has 0 fully saturated rings. The molecule has 1 aromatic heterocycles. The van der Waals surface area contributed by atoms with Gasteiger partial charge >= 0.3 is 0 Å². The number of anilines is 1. The van der Waals surface area contributed by atoms with E-state index in [0.717, 1.165) is 30.0 Å². The third-order valence-electron chi connectivity index (χ3n) is 4.13. The number of benzene rings is 2. The molecule has 3 N–H and O–H groups in total. The molecule has 0 aliphatic carbocycles. The summed E-state index contributed by atoms with van der Waals surface area (Å²) in [4.78, 5) is 0. The van der Waals surface area contributed by atoms with Crippen LogP contribution in [0.2, 0.25) is 0 Å². The van der Waals surface area contributed by atoms with Crippen molar-refractivity contribution in [1.82, 2.24) is 9.78 Å². The molecule has 2 heterocycles. The molecular weight excluding hydrogens is 304 g/mol. The third-order valence-corrected chi connectivity index (χ3v) is 4.30. The van der Waals surface area contributed by atoms with Gasteiger partial charge in [0.15, 0.2) is 5.11 Å². The number of nitrogens with two attached hydrogens (primary N) is 1. The van der Waals surface area contributed by atoms with E-state index in [0.29, 0.717) is 0 Å². The van der Waals surface area contributed by atoms with E-state index in [1.165, 1.54) is 16.7 Å². The van der Waals surface area contributed by atoms with Gasteiger partial charge in [-0.1, -0.05) is 54.6 Å². The van der Waals surface area contributed by atoms with E-state index >= 15 is 0 Å². The number of thiocarbonyl (C=S) groups is 1. The fourth-order valence-corrected chi connectivity index (χ4v) is 3.15. The number of hydrogen-bond acceptors (Lipinski definition) is 3. The van der Waals surface area contributed by atoms with Crippen LogP contribution in [0.15, 0.2) is 54.6 Å². The molecule has 4 rings (SSSR count). The van der Waals surface area contributed by atoms with Crippen LogP contribution in [0.1, 0.15) is 5.56 Å². The van der Waals surface area contributed by atoms with E-state index in [4.69, 9.17) is 18.0 Å². The van der Waals surface area contributed by atoms with E-state index in [-0.39, 0.29) is 5.11 Å². The summed E-state index contributed by atoms with van der Waals surface area (Å²) in [5.74, 6) is 0.930. The average molecular weight is 320 g/mol. The Kier molecular flexibility index (Phi) is 3.35. The van der Waals surface area contributed by atoms with Gasteiger partial charge in [0.2, 0.25) is 0 Å². The maximum Gasteiger partial charge on any atom is 0.193 e. The monoisotopic (exact) mass is 320 g/mol. The first-order valence-electron chi connectivity index (χ1n) is 7.55. The molecule has 0 saturated heterocycles. The molecule has 0 bridgehead atoms. The van der Waals surface area contributed by atoms with Gasteiger partial charge in [-0.3, -0.25) is 0 Å². The van der Waals surface area contributed by atoms with Gasteiger partial charge in [0, 0.05) is 17.7 Å². The minimum Gasteiger partial charge on any atom is -0.374 e. The Morgan fingerprint density at radius 3 is 2.35 bits per heavy atom. The summed E-state index contributed by atoms with van der Waals surface area (Å²) in [5, 5.41) is 8.17. The summed E-state index contributed by atoms with van der Waals surface area (Å²) in [7, 11) is 0. The number of aromatic nitrogens is 2. The Balaban J connectivity index is 1.75. The van der Waals surface area contributed by atoms with Crippen LogP contribution in [0.5, 0.6) is 0 Å². The summed E-state index contributed by atoms with van der Waals surface area (Å²) < 4.78 is 1.62. The van der Waals surface area contributed by atoms with Crippen LogP contribution in [0.4, 0.5) is 5.82 Å². The number of nitrogens with one attached hydrogen (secondary N) is 1. The Bertz CT molecular complexity index is 866. The third kappa shape index (κ3) is 2.39. The van der Waals surface area contributed by atoms with Crippen molar-refractivity contribution in [2.24, 2.45) is 5.73 Å². The van der Waals surface area contributed by atoms with E-state index in [2.05, 4.69) is 46.8 Å². The van der Waals surface area contributed by atoms with Gasteiger partial charge in [0.05, 0.1) is 5.69 Å². The van der Waals surface area contributed by atoms with Gasteiger partial charge in [-0.25, -0.2) is 0 Å². The summed E-state index contributed by atoms with van der Waals surface area (Å²) in [6.45, 7) is 0.894. The molecule has 4 nitrogen and oxygen atoms in total. The van der Waals surface area contributed by atoms with Crippen molar-refractivity contribution >= 4 is 23.1 Å². The van der Waals surface area contributed by atoms with Crippen LogP contribution in [-0.4, -0.2) is 21.4 Å². The van der Waals surface area contributed by atoms with Crippen molar-refractivity contribution in [3.05, 3.63) is 60.2 Å².